The molecule has 0 bridgehead atoms. The molecule has 1 fully saturated rings. The van der Waals surface area contributed by atoms with Crippen molar-refractivity contribution in [3.8, 4) is 0 Å². The molecule has 1 aromatic carbocycles. The monoisotopic (exact) mass is 256 g/mol. The van der Waals surface area contributed by atoms with Gasteiger partial charge in [0.2, 0.25) is 0 Å². The lowest BCUT2D eigenvalue weighted by Crippen LogP contribution is -2.38. The molecule has 0 aromatic heterocycles. The van der Waals surface area contributed by atoms with E-state index in [1.807, 2.05) is 0 Å². The first-order valence-electron chi connectivity index (χ1n) is 5.64. The van der Waals surface area contributed by atoms with Crippen LogP contribution in [0.2, 0.25) is 0 Å². The van der Waals surface area contributed by atoms with E-state index < -0.39 is 23.8 Å². The van der Waals surface area contributed by atoms with Crippen molar-refractivity contribution in [1.82, 2.24) is 10.6 Å². The SMILES string of the molecule is Cc1cc([C@H]2CNC[C@@H]2NC(=O)O)c(F)cc1F. The summed E-state index contributed by atoms with van der Waals surface area (Å²) in [5, 5.41) is 14.1. The molecule has 98 valence electrons. The van der Waals surface area contributed by atoms with Crippen molar-refractivity contribution in [2.24, 2.45) is 0 Å². The smallest absolute Gasteiger partial charge is 0.404 e. The van der Waals surface area contributed by atoms with Gasteiger partial charge in [0.05, 0.1) is 6.04 Å². The Morgan fingerprint density at radius 1 is 1.39 bits per heavy atom. The molecule has 4 nitrogen and oxygen atoms in total. The number of halogens is 2. The molecule has 2 rings (SSSR count). The first-order chi connectivity index (χ1) is 8.49. The van der Waals surface area contributed by atoms with Crippen LogP contribution in [0.25, 0.3) is 0 Å². The molecule has 0 spiro atoms. The molecule has 0 radical (unpaired) electrons. The van der Waals surface area contributed by atoms with Crippen molar-refractivity contribution in [3.63, 3.8) is 0 Å². The Balaban J connectivity index is 2.30. The van der Waals surface area contributed by atoms with Gasteiger partial charge < -0.3 is 15.7 Å². The van der Waals surface area contributed by atoms with E-state index in [0.717, 1.165) is 6.07 Å². The molecule has 1 aliphatic heterocycles. The fourth-order valence-electron chi connectivity index (χ4n) is 2.28. The van der Waals surface area contributed by atoms with Gasteiger partial charge in [0, 0.05) is 25.1 Å². The number of carboxylic acid groups (broad SMARTS) is 1. The maximum absolute atomic E-state index is 13.8. The van der Waals surface area contributed by atoms with Crippen molar-refractivity contribution in [2.75, 3.05) is 13.1 Å². The lowest BCUT2D eigenvalue weighted by Gasteiger charge is -2.19. The molecule has 1 amide bonds. The molecule has 0 aliphatic carbocycles. The van der Waals surface area contributed by atoms with Crippen LogP contribution in [0.3, 0.4) is 0 Å². The molecule has 2 atom stereocenters. The number of rotatable bonds is 2. The third-order valence-corrected chi connectivity index (χ3v) is 3.20. The fraction of sp³-hybridized carbons (Fsp3) is 0.417. The Kier molecular flexibility index (Phi) is 3.47. The topological polar surface area (TPSA) is 61.4 Å². The quantitative estimate of drug-likeness (QED) is 0.753. The van der Waals surface area contributed by atoms with Crippen LogP contribution in [0.4, 0.5) is 13.6 Å². The summed E-state index contributed by atoms with van der Waals surface area (Å²) in [5.74, 6) is -1.55. The van der Waals surface area contributed by atoms with E-state index in [0.29, 0.717) is 24.2 Å². The van der Waals surface area contributed by atoms with Gasteiger partial charge in [-0.1, -0.05) is 0 Å². The van der Waals surface area contributed by atoms with Crippen molar-refractivity contribution in [2.45, 2.75) is 18.9 Å². The second-order valence-corrected chi connectivity index (χ2v) is 4.44. The summed E-state index contributed by atoms with van der Waals surface area (Å²) in [6, 6.07) is 1.89. The molecule has 1 aromatic rings. The summed E-state index contributed by atoms with van der Waals surface area (Å²) < 4.78 is 26.9. The summed E-state index contributed by atoms with van der Waals surface area (Å²) in [7, 11) is 0. The first kappa shape index (κ1) is 12.8. The van der Waals surface area contributed by atoms with Crippen LogP contribution in [-0.2, 0) is 0 Å². The standard InChI is InChI=1S/C12H14F2N2O2/c1-6-2-7(10(14)3-9(6)13)8-4-15-5-11(8)16-12(17)18/h2-3,8,11,15-16H,4-5H2,1H3,(H,17,18)/t8-,11+/m1/s1. The van der Waals surface area contributed by atoms with Crippen molar-refractivity contribution < 1.29 is 18.7 Å². The number of benzene rings is 1. The molecule has 0 saturated carbocycles. The minimum atomic E-state index is -1.15. The van der Waals surface area contributed by atoms with Gasteiger partial charge in [-0.2, -0.15) is 0 Å². The Hall–Kier alpha value is -1.69. The average molecular weight is 256 g/mol. The third kappa shape index (κ3) is 2.43. The fourth-order valence-corrected chi connectivity index (χ4v) is 2.28. The van der Waals surface area contributed by atoms with Gasteiger partial charge in [0.1, 0.15) is 11.6 Å². The van der Waals surface area contributed by atoms with E-state index >= 15 is 0 Å². The van der Waals surface area contributed by atoms with Crippen LogP contribution >= 0.6 is 0 Å². The first-order valence-corrected chi connectivity index (χ1v) is 5.64. The summed E-state index contributed by atoms with van der Waals surface area (Å²) in [6.07, 6.45) is -1.15. The van der Waals surface area contributed by atoms with E-state index in [9.17, 15) is 13.6 Å². The number of carbonyl (C=O) groups is 1. The highest BCUT2D eigenvalue weighted by molar-refractivity contribution is 5.65. The summed E-state index contributed by atoms with van der Waals surface area (Å²) >= 11 is 0. The summed E-state index contributed by atoms with van der Waals surface area (Å²) in [6.45, 7) is 2.46. The number of aryl methyl sites for hydroxylation is 1. The van der Waals surface area contributed by atoms with Crippen LogP contribution in [0, 0.1) is 18.6 Å². The Labute approximate surface area is 103 Å². The summed E-state index contributed by atoms with van der Waals surface area (Å²) in [4.78, 5) is 10.6. The van der Waals surface area contributed by atoms with Gasteiger partial charge in [-0.3, -0.25) is 0 Å². The predicted molar refractivity (Wildman–Crippen MR) is 61.7 cm³/mol. The Morgan fingerprint density at radius 3 is 2.78 bits per heavy atom. The maximum atomic E-state index is 13.8. The molecule has 1 aliphatic rings. The second kappa shape index (κ2) is 4.89. The zero-order valence-corrected chi connectivity index (χ0v) is 9.84. The number of nitrogens with one attached hydrogen (secondary N) is 2. The number of hydrogen-bond donors (Lipinski definition) is 3. The highest BCUT2D eigenvalue weighted by atomic mass is 19.1. The van der Waals surface area contributed by atoms with Crippen molar-refractivity contribution >= 4 is 6.09 Å². The maximum Gasteiger partial charge on any atom is 0.404 e. The highest BCUT2D eigenvalue weighted by Crippen LogP contribution is 2.27. The molecule has 6 heteroatoms. The minimum Gasteiger partial charge on any atom is -0.465 e. The molecule has 3 N–H and O–H groups in total. The molecular formula is C12H14F2N2O2. The van der Waals surface area contributed by atoms with Crippen LogP contribution in [0.15, 0.2) is 12.1 Å². The lowest BCUT2D eigenvalue weighted by molar-refractivity contribution is 0.189. The van der Waals surface area contributed by atoms with Gasteiger partial charge in [-0.15, -0.1) is 0 Å². The summed E-state index contributed by atoms with van der Waals surface area (Å²) in [5.41, 5.74) is 0.699. The average Bonchev–Trinajstić information content (AvgIpc) is 2.70. The van der Waals surface area contributed by atoms with Gasteiger partial charge in [-0.05, 0) is 24.1 Å². The zero-order valence-electron chi connectivity index (χ0n) is 9.84. The highest BCUT2D eigenvalue weighted by Gasteiger charge is 2.31. The van der Waals surface area contributed by atoms with Crippen molar-refractivity contribution in [1.29, 1.82) is 0 Å². The third-order valence-electron chi connectivity index (χ3n) is 3.20. The van der Waals surface area contributed by atoms with Gasteiger partial charge >= 0.3 is 6.09 Å². The molecule has 1 heterocycles. The number of hydrogen-bond acceptors (Lipinski definition) is 2. The predicted octanol–water partition coefficient (Wildman–Crippen LogP) is 1.60. The van der Waals surface area contributed by atoms with E-state index in [2.05, 4.69) is 10.6 Å². The van der Waals surface area contributed by atoms with Crippen molar-refractivity contribution in [3.05, 3.63) is 34.9 Å². The van der Waals surface area contributed by atoms with Gasteiger partial charge in [0.15, 0.2) is 0 Å². The van der Waals surface area contributed by atoms with Crippen LogP contribution in [0.1, 0.15) is 17.0 Å². The van der Waals surface area contributed by atoms with E-state index in [1.165, 1.54) is 6.07 Å². The molecular weight excluding hydrogens is 242 g/mol. The lowest BCUT2D eigenvalue weighted by atomic mass is 9.92. The molecule has 0 unspecified atom stereocenters. The zero-order chi connectivity index (χ0) is 13.3. The minimum absolute atomic E-state index is 0.319. The van der Waals surface area contributed by atoms with Crippen LogP contribution in [0.5, 0.6) is 0 Å². The Bertz CT molecular complexity index is 479. The van der Waals surface area contributed by atoms with Crippen LogP contribution < -0.4 is 10.6 Å². The number of amides is 1. The largest absolute Gasteiger partial charge is 0.465 e. The molecule has 18 heavy (non-hydrogen) atoms. The van der Waals surface area contributed by atoms with E-state index in [4.69, 9.17) is 5.11 Å². The Morgan fingerprint density at radius 2 is 2.11 bits per heavy atom. The second-order valence-electron chi connectivity index (χ2n) is 4.44. The van der Waals surface area contributed by atoms with Crippen LogP contribution in [-0.4, -0.2) is 30.3 Å². The van der Waals surface area contributed by atoms with E-state index in [1.54, 1.807) is 6.92 Å². The van der Waals surface area contributed by atoms with E-state index in [-0.39, 0.29) is 5.92 Å². The van der Waals surface area contributed by atoms with Gasteiger partial charge in [0.25, 0.3) is 0 Å². The normalized spacial score (nSPS) is 23.1. The van der Waals surface area contributed by atoms with Gasteiger partial charge in [-0.25, -0.2) is 13.6 Å². The molecule has 1 saturated heterocycles.